The highest BCUT2D eigenvalue weighted by atomic mass is 32.2. The van der Waals surface area contributed by atoms with E-state index in [2.05, 4.69) is 15.3 Å². The van der Waals surface area contributed by atoms with E-state index in [-0.39, 0.29) is 5.69 Å². The molecule has 0 radical (unpaired) electrons. The quantitative estimate of drug-likeness (QED) is 0.692. The lowest BCUT2D eigenvalue weighted by molar-refractivity contribution is -0.105. The van der Waals surface area contributed by atoms with E-state index in [4.69, 9.17) is 0 Å². The van der Waals surface area contributed by atoms with Crippen molar-refractivity contribution < 1.29 is 18.0 Å². The topological polar surface area (TPSA) is 54.9 Å². The monoisotopic (exact) mass is 363 g/mol. The van der Waals surface area contributed by atoms with Crippen molar-refractivity contribution in [2.75, 3.05) is 11.1 Å². The number of aromatic nitrogens is 2. The number of benzene rings is 2. The van der Waals surface area contributed by atoms with Crippen LogP contribution in [0.4, 0.5) is 18.9 Å². The number of carbonyl (C=O) groups excluding carboxylic acids is 1. The zero-order chi connectivity index (χ0) is 17.9. The van der Waals surface area contributed by atoms with E-state index in [1.165, 1.54) is 12.3 Å². The maximum Gasteiger partial charge on any atom is 0.398 e. The number of anilines is 1. The highest BCUT2D eigenvalue weighted by Crippen LogP contribution is 2.32. The van der Waals surface area contributed by atoms with Crippen LogP contribution >= 0.6 is 11.8 Å². The third kappa shape index (κ3) is 4.48. The first-order valence-corrected chi connectivity index (χ1v) is 8.23. The molecule has 3 rings (SSSR count). The molecule has 1 amide bonds. The molecule has 128 valence electrons. The van der Waals surface area contributed by atoms with Gasteiger partial charge >= 0.3 is 6.18 Å². The molecule has 0 bridgehead atoms. The average Bonchev–Trinajstić information content (AvgIpc) is 2.60. The normalized spacial score (nSPS) is 11.5. The van der Waals surface area contributed by atoms with Crippen molar-refractivity contribution in [1.29, 1.82) is 0 Å². The van der Waals surface area contributed by atoms with E-state index in [0.717, 1.165) is 0 Å². The van der Waals surface area contributed by atoms with E-state index < -0.39 is 17.8 Å². The maximum absolute atomic E-state index is 12.4. The first kappa shape index (κ1) is 17.2. The van der Waals surface area contributed by atoms with Gasteiger partial charge in [0.2, 0.25) is 0 Å². The summed E-state index contributed by atoms with van der Waals surface area (Å²) in [6.45, 7) is 0. The number of para-hydroxylation sites is 3. The Balaban J connectivity index is 1.80. The van der Waals surface area contributed by atoms with Crippen molar-refractivity contribution in [3.05, 3.63) is 60.4 Å². The lowest BCUT2D eigenvalue weighted by atomic mass is 10.2. The number of fused-ring (bicyclic) bond motifs is 1. The van der Waals surface area contributed by atoms with Gasteiger partial charge in [0.25, 0.3) is 5.91 Å². The molecule has 0 saturated carbocycles. The lowest BCUT2D eigenvalue weighted by Crippen LogP contribution is -2.15. The Kier molecular flexibility index (Phi) is 4.89. The molecule has 1 aromatic heterocycles. The predicted molar refractivity (Wildman–Crippen MR) is 90.7 cm³/mol. The number of rotatable bonds is 4. The Morgan fingerprint density at radius 3 is 2.48 bits per heavy atom. The number of halogens is 3. The summed E-state index contributed by atoms with van der Waals surface area (Å²) in [5.41, 5.74) is 1.61. The first-order chi connectivity index (χ1) is 11.9. The van der Waals surface area contributed by atoms with E-state index in [0.29, 0.717) is 33.4 Å². The number of carbonyl (C=O) groups is 1. The number of hydrogen-bond donors (Lipinski definition) is 1. The Hall–Kier alpha value is -2.61. The second-order valence-electron chi connectivity index (χ2n) is 5.10. The number of alkyl halides is 3. The van der Waals surface area contributed by atoms with Crippen LogP contribution in [0.3, 0.4) is 0 Å². The van der Waals surface area contributed by atoms with Crippen molar-refractivity contribution in [2.24, 2.45) is 0 Å². The second-order valence-corrected chi connectivity index (χ2v) is 6.12. The van der Waals surface area contributed by atoms with Crippen LogP contribution < -0.4 is 5.32 Å². The van der Waals surface area contributed by atoms with E-state index in [1.54, 1.807) is 36.4 Å². The molecule has 0 aliphatic rings. The summed E-state index contributed by atoms with van der Waals surface area (Å²) < 4.78 is 37.3. The molecule has 0 spiro atoms. The van der Waals surface area contributed by atoms with Gasteiger partial charge in [0.15, 0.2) is 0 Å². The van der Waals surface area contributed by atoms with Crippen LogP contribution in [-0.4, -0.2) is 27.8 Å². The molecule has 2 aromatic carbocycles. The molecule has 25 heavy (non-hydrogen) atoms. The molecule has 0 aliphatic heterocycles. The molecule has 1 heterocycles. The molecule has 0 fully saturated rings. The molecule has 0 unspecified atom stereocenters. The highest BCUT2D eigenvalue weighted by Gasteiger charge is 2.27. The molecule has 3 aromatic rings. The van der Waals surface area contributed by atoms with Crippen molar-refractivity contribution in [2.45, 2.75) is 11.1 Å². The minimum absolute atomic E-state index is 0.0920. The first-order valence-electron chi connectivity index (χ1n) is 7.24. The third-order valence-corrected chi connectivity index (χ3v) is 4.35. The van der Waals surface area contributed by atoms with Crippen molar-refractivity contribution in [1.82, 2.24) is 9.97 Å². The summed E-state index contributed by atoms with van der Waals surface area (Å²) in [4.78, 5) is 21.1. The Labute approximate surface area is 145 Å². The minimum atomic E-state index is -4.29. The van der Waals surface area contributed by atoms with Crippen molar-refractivity contribution >= 4 is 34.4 Å². The summed E-state index contributed by atoms with van der Waals surface area (Å²) in [6.07, 6.45) is -2.95. The van der Waals surface area contributed by atoms with Gasteiger partial charge in [-0.05, 0) is 24.3 Å². The van der Waals surface area contributed by atoms with Gasteiger partial charge in [0.1, 0.15) is 5.69 Å². The Morgan fingerprint density at radius 2 is 1.72 bits per heavy atom. The van der Waals surface area contributed by atoms with Gasteiger partial charge in [-0.25, -0.2) is 4.98 Å². The Bertz CT molecular complexity index is 915. The molecule has 0 aliphatic carbocycles. The third-order valence-electron chi connectivity index (χ3n) is 3.21. The van der Waals surface area contributed by atoms with Crippen molar-refractivity contribution in [3.8, 4) is 0 Å². The number of thioether (sulfide) groups is 1. The zero-order valence-corrected chi connectivity index (χ0v) is 13.6. The summed E-state index contributed by atoms with van der Waals surface area (Å²) in [5.74, 6) is -1.56. The van der Waals surface area contributed by atoms with Crippen LogP contribution in [0, 0.1) is 0 Å². The van der Waals surface area contributed by atoms with Crippen LogP contribution in [-0.2, 0) is 0 Å². The number of amides is 1. The van der Waals surface area contributed by atoms with Crippen LogP contribution in [0.15, 0.2) is 59.6 Å². The summed E-state index contributed by atoms with van der Waals surface area (Å²) in [5, 5.41) is 2.60. The maximum atomic E-state index is 12.4. The molecule has 0 atom stereocenters. The molecule has 4 nitrogen and oxygen atoms in total. The van der Waals surface area contributed by atoms with Crippen LogP contribution in [0.1, 0.15) is 10.5 Å². The molecular formula is C17H12F3N3OS. The SMILES string of the molecule is O=C(Nc1ccccc1SCC(F)(F)F)c1cnc2ccccc2n1. The molecule has 1 N–H and O–H groups in total. The summed E-state index contributed by atoms with van der Waals surface area (Å²) >= 11 is 0.618. The van der Waals surface area contributed by atoms with Crippen molar-refractivity contribution in [3.63, 3.8) is 0 Å². The van der Waals surface area contributed by atoms with E-state index in [1.807, 2.05) is 6.07 Å². The van der Waals surface area contributed by atoms with Crippen LogP contribution in [0.5, 0.6) is 0 Å². The fraction of sp³-hybridized carbons (Fsp3) is 0.118. The number of nitrogens with one attached hydrogen (secondary N) is 1. The van der Waals surface area contributed by atoms with Gasteiger partial charge in [-0.3, -0.25) is 9.78 Å². The van der Waals surface area contributed by atoms with E-state index >= 15 is 0 Å². The van der Waals surface area contributed by atoms with E-state index in [9.17, 15) is 18.0 Å². The number of nitrogens with zero attached hydrogens (tertiary/aromatic N) is 2. The zero-order valence-electron chi connectivity index (χ0n) is 12.7. The van der Waals surface area contributed by atoms with Gasteiger partial charge in [0, 0.05) is 4.90 Å². The predicted octanol–water partition coefficient (Wildman–Crippen LogP) is 4.54. The summed E-state index contributed by atoms with van der Waals surface area (Å²) in [7, 11) is 0. The van der Waals surface area contributed by atoms with Crippen LogP contribution in [0.25, 0.3) is 11.0 Å². The van der Waals surface area contributed by atoms with Gasteiger partial charge in [0.05, 0.1) is 28.7 Å². The highest BCUT2D eigenvalue weighted by molar-refractivity contribution is 7.99. The van der Waals surface area contributed by atoms with Gasteiger partial charge < -0.3 is 5.32 Å². The largest absolute Gasteiger partial charge is 0.398 e. The Morgan fingerprint density at radius 1 is 1.04 bits per heavy atom. The van der Waals surface area contributed by atoms with Gasteiger partial charge in [-0.15, -0.1) is 11.8 Å². The lowest BCUT2D eigenvalue weighted by Gasteiger charge is -2.11. The van der Waals surface area contributed by atoms with Gasteiger partial charge in [-0.1, -0.05) is 24.3 Å². The fourth-order valence-electron chi connectivity index (χ4n) is 2.11. The molecular weight excluding hydrogens is 351 g/mol. The summed E-state index contributed by atoms with van der Waals surface area (Å²) in [6, 6.07) is 13.4. The fourth-order valence-corrected chi connectivity index (χ4v) is 2.88. The standard InChI is InChI=1S/C17H12F3N3OS/c18-17(19,20)10-25-15-8-4-3-7-13(15)23-16(24)14-9-21-11-5-1-2-6-12(11)22-14/h1-9H,10H2,(H,23,24). The molecule has 0 saturated heterocycles. The average molecular weight is 363 g/mol. The second kappa shape index (κ2) is 7.10. The smallest absolute Gasteiger partial charge is 0.320 e. The van der Waals surface area contributed by atoms with Gasteiger partial charge in [-0.2, -0.15) is 13.2 Å². The van der Waals surface area contributed by atoms with Crippen LogP contribution in [0.2, 0.25) is 0 Å². The minimum Gasteiger partial charge on any atom is -0.320 e. The molecule has 8 heteroatoms. The number of hydrogen-bond acceptors (Lipinski definition) is 4.